The molecule has 2 heterocycles. The Bertz CT molecular complexity index is 615. The molecule has 1 saturated heterocycles. The summed E-state index contributed by atoms with van der Waals surface area (Å²) in [7, 11) is 0. The number of quaternary nitrogens is 1. The van der Waals surface area contributed by atoms with E-state index in [0.717, 1.165) is 12.2 Å². The molecule has 1 fully saturated rings. The van der Waals surface area contributed by atoms with E-state index in [9.17, 15) is 20.4 Å². The Balaban J connectivity index is 2.15. The first kappa shape index (κ1) is 15.5. The SMILES string of the molecule is CC1(C)Oc2ccc([N+](=O)[O-])cc2C([N+]2([O-])CCCS2)C1O. The Hall–Kier alpha value is -1.35. The van der Waals surface area contributed by atoms with Crippen LogP contribution in [0.2, 0.25) is 0 Å². The molecular formula is C14H18N2O5S. The van der Waals surface area contributed by atoms with Crippen LogP contribution in [0.3, 0.4) is 0 Å². The van der Waals surface area contributed by atoms with Crippen LogP contribution < -0.4 is 4.74 Å². The van der Waals surface area contributed by atoms with Gasteiger partial charge in [0.25, 0.3) is 5.69 Å². The van der Waals surface area contributed by atoms with E-state index in [-0.39, 0.29) is 5.69 Å². The molecule has 0 amide bonds. The molecule has 0 aliphatic carbocycles. The number of aliphatic hydroxyl groups is 1. The molecule has 3 rings (SSSR count). The maximum Gasteiger partial charge on any atom is 0.270 e. The number of nitro benzene ring substituents is 1. The quantitative estimate of drug-likeness (QED) is 0.295. The molecule has 0 bridgehead atoms. The highest BCUT2D eigenvalue weighted by molar-refractivity contribution is 7.94. The highest BCUT2D eigenvalue weighted by Gasteiger charge is 2.52. The van der Waals surface area contributed by atoms with Crippen LogP contribution in [0, 0.1) is 15.3 Å². The number of ether oxygens (including phenoxy) is 1. The summed E-state index contributed by atoms with van der Waals surface area (Å²) in [6.07, 6.45) is -0.270. The summed E-state index contributed by atoms with van der Waals surface area (Å²) in [6, 6.07) is 3.44. The number of non-ortho nitro benzene ring substituents is 1. The number of hydrogen-bond acceptors (Lipinski definition) is 6. The molecule has 7 nitrogen and oxygen atoms in total. The van der Waals surface area contributed by atoms with Crippen LogP contribution in [-0.2, 0) is 0 Å². The van der Waals surface area contributed by atoms with Gasteiger partial charge in [0, 0.05) is 18.6 Å². The number of fused-ring (bicyclic) bond motifs is 1. The molecule has 3 unspecified atom stereocenters. The monoisotopic (exact) mass is 326 g/mol. The smallest absolute Gasteiger partial charge is 0.270 e. The van der Waals surface area contributed by atoms with E-state index in [4.69, 9.17) is 4.74 Å². The van der Waals surface area contributed by atoms with Gasteiger partial charge in [0.2, 0.25) is 0 Å². The summed E-state index contributed by atoms with van der Waals surface area (Å²) in [5.41, 5.74) is -0.604. The van der Waals surface area contributed by atoms with Gasteiger partial charge in [-0.1, -0.05) is 0 Å². The Kier molecular flexibility index (Phi) is 3.59. The minimum Gasteiger partial charge on any atom is -0.620 e. The lowest BCUT2D eigenvalue weighted by molar-refractivity contribution is -0.780. The van der Waals surface area contributed by atoms with Gasteiger partial charge in [-0.25, -0.2) is 0 Å². The topological polar surface area (TPSA) is 95.7 Å². The fraction of sp³-hybridized carbons (Fsp3) is 0.571. The van der Waals surface area contributed by atoms with Crippen LogP contribution in [0.1, 0.15) is 31.9 Å². The Morgan fingerprint density at radius 3 is 2.82 bits per heavy atom. The van der Waals surface area contributed by atoms with E-state index in [0.29, 0.717) is 17.9 Å². The molecule has 1 aromatic rings. The minimum atomic E-state index is -1.04. The Morgan fingerprint density at radius 2 is 2.23 bits per heavy atom. The van der Waals surface area contributed by atoms with E-state index in [2.05, 4.69) is 0 Å². The second-order valence-electron chi connectivity index (χ2n) is 6.21. The first-order chi connectivity index (χ1) is 10.2. The van der Waals surface area contributed by atoms with Crippen LogP contribution in [0.4, 0.5) is 5.69 Å². The number of hydroxylamine groups is 2. The normalized spacial score (nSPS) is 33.1. The minimum absolute atomic E-state index is 0.102. The van der Waals surface area contributed by atoms with Crippen LogP contribution in [-0.4, -0.2) is 38.1 Å². The molecule has 0 saturated carbocycles. The molecule has 22 heavy (non-hydrogen) atoms. The third-order valence-corrected chi connectivity index (χ3v) is 5.57. The van der Waals surface area contributed by atoms with Crippen molar-refractivity contribution in [3.05, 3.63) is 39.1 Å². The highest BCUT2D eigenvalue weighted by Crippen LogP contribution is 2.51. The first-order valence-corrected chi connectivity index (χ1v) is 8.07. The third-order valence-electron chi connectivity index (χ3n) is 4.25. The summed E-state index contributed by atoms with van der Waals surface area (Å²) < 4.78 is 5.15. The summed E-state index contributed by atoms with van der Waals surface area (Å²) in [5.74, 6) is 1.16. The van der Waals surface area contributed by atoms with Crippen LogP contribution in [0.25, 0.3) is 0 Å². The molecular weight excluding hydrogens is 308 g/mol. The number of benzene rings is 1. The molecule has 0 aromatic heterocycles. The number of nitro groups is 1. The molecule has 2 aliphatic heterocycles. The van der Waals surface area contributed by atoms with Gasteiger partial charge in [-0.15, -0.1) is 0 Å². The summed E-state index contributed by atoms with van der Waals surface area (Å²) in [4.78, 5) is 10.5. The summed E-state index contributed by atoms with van der Waals surface area (Å²) in [5, 5.41) is 34.8. The van der Waals surface area contributed by atoms with Gasteiger partial charge in [-0.2, -0.15) is 0 Å². The molecule has 0 radical (unpaired) electrons. The van der Waals surface area contributed by atoms with Gasteiger partial charge in [-0.3, -0.25) is 14.2 Å². The van der Waals surface area contributed by atoms with Crippen LogP contribution >= 0.6 is 11.9 Å². The maximum absolute atomic E-state index is 13.1. The lowest BCUT2D eigenvalue weighted by atomic mass is 9.86. The molecule has 1 N–H and O–H groups in total. The lowest BCUT2D eigenvalue weighted by Gasteiger charge is -2.50. The van der Waals surface area contributed by atoms with Crippen molar-refractivity contribution in [1.29, 1.82) is 0 Å². The van der Waals surface area contributed by atoms with E-state index >= 15 is 0 Å². The lowest BCUT2D eigenvalue weighted by Crippen LogP contribution is -2.56. The molecule has 3 atom stereocenters. The second kappa shape index (κ2) is 5.09. The molecule has 2 aliphatic rings. The number of hydrogen-bond donors (Lipinski definition) is 1. The largest absolute Gasteiger partial charge is 0.620 e. The predicted octanol–water partition coefficient (Wildman–Crippen LogP) is 2.53. The van der Waals surface area contributed by atoms with Gasteiger partial charge >= 0.3 is 0 Å². The average Bonchev–Trinajstić information content (AvgIpc) is 2.86. The maximum atomic E-state index is 13.1. The van der Waals surface area contributed by atoms with Crippen molar-refractivity contribution in [2.75, 3.05) is 12.3 Å². The van der Waals surface area contributed by atoms with Crippen molar-refractivity contribution in [2.24, 2.45) is 0 Å². The van der Waals surface area contributed by atoms with Gasteiger partial charge in [0.05, 0.1) is 34.7 Å². The Labute approximate surface area is 132 Å². The van der Waals surface area contributed by atoms with Gasteiger partial charge in [0.1, 0.15) is 11.4 Å². The van der Waals surface area contributed by atoms with Crippen molar-refractivity contribution < 1.29 is 18.8 Å². The fourth-order valence-corrected chi connectivity index (χ4v) is 4.30. The van der Waals surface area contributed by atoms with Gasteiger partial charge in [-0.05, 0) is 19.9 Å². The third kappa shape index (κ3) is 2.36. The van der Waals surface area contributed by atoms with Crippen LogP contribution in [0.15, 0.2) is 18.2 Å². The van der Waals surface area contributed by atoms with Crippen molar-refractivity contribution in [1.82, 2.24) is 0 Å². The van der Waals surface area contributed by atoms with Gasteiger partial charge < -0.3 is 15.1 Å². The summed E-state index contributed by atoms with van der Waals surface area (Å²) >= 11 is 1.23. The standard InChI is InChI=1S/C14H18N2O5S/c1-14(2)13(17)12(16(20)6-3-7-22-16)10-8-9(15(18)19)4-5-11(10)21-14/h4-5,8,12-13,17H,3,6-7H2,1-2H3. The van der Waals surface area contributed by atoms with E-state index < -0.39 is 26.7 Å². The van der Waals surface area contributed by atoms with E-state index in [1.54, 1.807) is 13.8 Å². The fourth-order valence-electron chi connectivity index (χ4n) is 3.08. The van der Waals surface area contributed by atoms with Crippen molar-refractivity contribution >= 4 is 17.6 Å². The van der Waals surface area contributed by atoms with Gasteiger partial charge in [0.15, 0.2) is 12.1 Å². The zero-order chi connectivity index (χ0) is 16.1. The first-order valence-electron chi connectivity index (χ1n) is 7.13. The molecule has 1 aromatic carbocycles. The van der Waals surface area contributed by atoms with Crippen molar-refractivity contribution in [3.8, 4) is 5.75 Å². The Morgan fingerprint density at radius 1 is 1.50 bits per heavy atom. The average molecular weight is 326 g/mol. The molecule has 0 spiro atoms. The molecule has 120 valence electrons. The number of aliphatic hydroxyl groups excluding tert-OH is 1. The highest BCUT2D eigenvalue weighted by atomic mass is 32.2. The van der Waals surface area contributed by atoms with E-state index in [1.165, 1.54) is 30.1 Å². The predicted molar refractivity (Wildman–Crippen MR) is 82.1 cm³/mol. The zero-order valence-corrected chi connectivity index (χ0v) is 13.2. The second-order valence-corrected chi connectivity index (χ2v) is 7.50. The zero-order valence-electron chi connectivity index (χ0n) is 12.4. The van der Waals surface area contributed by atoms with Crippen molar-refractivity contribution in [3.63, 3.8) is 0 Å². The summed E-state index contributed by atoms with van der Waals surface area (Å²) in [6.45, 7) is 3.83. The van der Waals surface area contributed by atoms with Crippen molar-refractivity contribution in [2.45, 2.75) is 38.0 Å². The van der Waals surface area contributed by atoms with Crippen LogP contribution in [0.5, 0.6) is 5.75 Å². The number of rotatable bonds is 2. The molecule has 8 heteroatoms. The number of nitrogens with zero attached hydrogens (tertiary/aromatic N) is 2. The van der Waals surface area contributed by atoms with E-state index in [1.807, 2.05) is 0 Å².